The van der Waals surface area contributed by atoms with Gasteiger partial charge in [-0.25, -0.2) is 4.98 Å². The first-order chi connectivity index (χ1) is 7.31. The standard InChI is InChI=1S/C11H9N3S/c12-6-5-11-14-10(7-15-11)8-3-1-2-4-9(8)13/h1-4,7H,5,13H2. The van der Waals surface area contributed by atoms with Crippen molar-refractivity contribution in [1.82, 2.24) is 4.98 Å². The second-order valence-corrected chi connectivity index (χ2v) is 3.99. The lowest BCUT2D eigenvalue weighted by Gasteiger charge is -2.00. The van der Waals surface area contributed by atoms with Gasteiger partial charge >= 0.3 is 0 Å². The van der Waals surface area contributed by atoms with Gasteiger partial charge in [0.1, 0.15) is 5.01 Å². The summed E-state index contributed by atoms with van der Waals surface area (Å²) in [6.45, 7) is 0. The Bertz CT molecular complexity index is 511. The van der Waals surface area contributed by atoms with Gasteiger partial charge in [0.15, 0.2) is 0 Å². The molecular weight excluding hydrogens is 206 g/mol. The van der Waals surface area contributed by atoms with E-state index in [-0.39, 0.29) is 0 Å². The number of aromatic nitrogens is 1. The van der Waals surface area contributed by atoms with E-state index in [4.69, 9.17) is 11.0 Å². The van der Waals surface area contributed by atoms with Crippen LogP contribution in [0.1, 0.15) is 5.01 Å². The largest absolute Gasteiger partial charge is 0.398 e. The molecule has 74 valence electrons. The molecule has 0 fully saturated rings. The highest BCUT2D eigenvalue weighted by Gasteiger charge is 2.06. The number of thiazole rings is 1. The first-order valence-corrected chi connectivity index (χ1v) is 5.35. The van der Waals surface area contributed by atoms with Crippen LogP contribution in [0.2, 0.25) is 0 Å². The van der Waals surface area contributed by atoms with Crippen molar-refractivity contribution in [1.29, 1.82) is 5.26 Å². The SMILES string of the molecule is N#CCc1nc(-c2ccccc2N)cs1. The van der Waals surface area contributed by atoms with Gasteiger partial charge in [-0.1, -0.05) is 18.2 Å². The van der Waals surface area contributed by atoms with Crippen LogP contribution in [0.25, 0.3) is 11.3 Å². The second kappa shape index (κ2) is 4.11. The number of rotatable bonds is 2. The van der Waals surface area contributed by atoms with Gasteiger partial charge in [0, 0.05) is 16.6 Å². The van der Waals surface area contributed by atoms with Crippen LogP contribution in [0.5, 0.6) is 0 Å². The zero-order valence-electron chi connectivity index (χ0n) is 7.97. The third-order valence-corrected chi connectivity index (χ3v) is 2.87. The molecular formula is C11H9N3S. The molecule has 0 amide bonds. The van der Waals surface area contributed by atoms with Crippen LogP contribution in [0.4, 0.5) is 5.69 Å². The Morgan fingerprint density at radius 3 is 2.93 bits per heavy atom. The number of para-hydroxylation sites is 1. The Labute approximate surface area is 91.8 Å². The maximum atomic E-state index is 8.55. The average Bonchev–Trinajstić information content (AvgIpc) is 2.68. The minimum Gasteiger partial charge on any atom is -0.398 e. The minimum atomic E-state index is 0.359. The van der Waals surface area contributed by atoms with Gasteiger partial charge in [0.05, 0.1) is 18.2 Å². The zero-order chi connectivity index (χ0) is 10.7. The van der Waals surface area contributed by atoms with Crippen LogP contribution in [0.15, 0.2) is 29.6 Å². The topological polar surface area (TPSA) is 62.7 Å². The van der Waals surface area contributed by atoms with Gasteiger partial charge < -0.3 is 5.73 Å². The summed E-state index contributed by atoms with van der Waals surface area (Å²) in [7, 11) is 0. The van der Waals surface area contributed by atoms with E-state index in [1.807, 2.05) is 29.6 Å². The number of nitriles is 1. The summed E-state index contributed by atoms with van der Waals surface area (Å²) in [5.41, 5.74) is 8.33. The molecule has 4 heteroatoms. The third-order valence-electron chi connectivity index (χ3n) is 2.02. The molecule has 2 N–H and O–H groups in total. The normalized spacial score (nSPS) is 9.80. The Morgan fingerprint density at radius 2 is 2.20 bits per heavy atom. The van der Waals surface area contributed by atoms with E-state index in [2.05, 4.69) is 11.1 Å². The molecule has 2 aromatic rings. The fraction of sp³-hybridized carbons (Fsp3) is 0.0909. The summed E-state index contributed by atoms with van der Waals surface area (Å²) in [6, 6.07) is 9.67. The van der Waals surface area contributed by atoms with Gasteiger partial charge in [0.25, 0.3) is 0 Å². The number of nitrogens with two attached hydrogens (primary N) is 1. The number of nitrogen functional groups attached to an aromatic ring is 1. The smallest absolute Gasteiger partial charge is 0.107 e. The molecule has 0 unspecified atom stereocenters. The lowest BCUT2D eigenvalue weighted by atomic mass is 10.1. The molecule has 1 aromatic carbocycles. The molecule has 2 rings (SSSR count). The average molecular weight is 215 g/mol. The van der Waals surface area contributed by atoms with Crippen molar-refractivity contribution in [2.24, 2.45) is 0 Å². The van der Waals surface area contributed by atoms with Crippen molar-refractivity contribution >= 4 is 17.0 Å². The fourth-order valence-corrected chi connectivity index (χ4v) is 2.04. The summed E-state index contributed by atoms with van der Waals surface area (Å²) in [6.07, 6.45) is 0.359. The summed E-state index contributed by atoms with van der Waals surface area (Å²) in [5.74, 6) is 0. The first-order valence-electron chi connectivity index (χ1n) is 4.47. The highest BCUT2D eigenvalue weighted by molar-refractivity contribution is 7.10. The van der Waals surface area contributed by atoms with Gasteiger partial charge in [-0.2, -0.15) is 5.26 Å². The molecule has 0 radical (unpaired) electrons. The van der Waals surface area contributed by atoms with Crippen LogP contribution in [-0.2, 0) is 6.42 Å². The highest BCUT2D eigenvalue weighted by Crippen LogP contribution is 2.26. The van der Waals surface area contributed by atoms with Crippen molar-refractivity contribution in [3.63, 3.8) is 0 Å². The molecule has 0 saturated carbocycles. The zero-order valence-corrected chi connectivity index (χ0v) is 8.79. The number of anilines is 1. The van der Waals surface area contributed by atoms with Crippen LogP contribution >= 0.6 is 11.3 Å². The molecule has 0 saturated heterocycles. The van der Waals surface area contributed by atoms with Gasteiger partial charge in [-0.05, 0) is 6.07 Å². The molecule has 0 bridgehead atoms. The van der Waals surface area contributed by atoms with Crippen LogP contribution in [-0.4, -0.2) is 4.98 Å². The van der Waals surface area contributed by atoms with Crippen LogP contribution in [0, 0.1) is 11.3 Å². The summed E-state index contributed by atoms with van der Waals surface area (Å²) >= 11 is 1.49. The van der Waals surface area contributed by atoms with Gasteiger partial charge in [0.2, 0.25) is 0 Å². The fourth-order valence-electron chi connectivity index (χ4n) is 1.31. The molecule has 0 aliphatic heterocycles. The number of nitrogens with zero attached hydrogens (tertiary/aromatic N) is 2. The van der Waals surface area contributed by atoms with Crippen molar-refractivity contribution in [3.8, 4) is 17.3 Å². The van der Waals surface area contributed by atoms with Gasteiger partial charge in [-0.3, -0.25) is 0 Å². The van der Waals surface area contributed by atoms with E-state index in [1.165, 1.54) is 11.3 Å². The summed E-state index contributed by atoms with van der Waals surface area (Å²) in [4.78, 5) is 4.35. The van der Waals surface area contributed by atoms with Crippen molar-refractivity contribution < 1.29 is 0 Å². The van der Waals surface area contributed by atoms with Crippen molar-refractivity contribution in [3.05, 3.63) is 34.7 Å². The Kier molecular flexibility index (Phi) is 2.66. The molecule has 3 nitrogen and oxygen atoms in total. The van der Waals surface area contributed by atoms with E-state index in [0.29, 0.717) is 12.1 Å². The lowest BCUT2D eigenvalue weighted by molar-refractivity contribution is 1.19. The molecule has 0 spiro atoms. The predicted molar refractivity (Wildman–Crippen MR) is 61.3 cm³/mol. The predicted octanol–water partition coefficient (Wildman–Crippen LogP) is 2.46. The van der Waals surface area contributed by atoms with E-state index in [1.54, 1.807) is 0 Å². The van der Waals surface area contributed by atoms with E-state index >= 15 is 0 Å². The molecule has 1 aromatic heterocycles. The second-order valence-electron chi connectivity index (χ2n) is 3.05. The van der Waals surface area contributed by atoms with Crippen molar-refractivity contribution in [2.75, 3.05) is 5.73 Å². The summed E-state index contributed by atoms with van der Waals surface area (Å²) < 4.78 is 0. The van der Waals surface area contributed by atoms with E-state index in [0.717, 1.165) is 16.3 Å². The number of hydrogen-bond acceptors (Lipinski definition) is 4. The first kappa shape index (κ1) is 9.69. The quantitative estimate of drug-likeness (QED) is 0.783. The Balaban J connectivity index is 2.38. The molecule has 0 aliphatic carbocycles. The van der Waals surface area contributed by atoms with Crippen LogP contribution < -0.4 is 5.73 Å². The number of benzene rings is 1. The molecule has 1 heterocycles. The van der Waals surface area contributed by atoms with Crippen LogP contribution in [0.3, 0.4) is 0 Å². The maximum absolute atomic E-state index is 8.55. The summed E-state index contributed by atoms with van der Waals surface area (Å²) in [5, 5.41) is 11.3. The van der Waals surface area contributed by atoms with E-state index < -0.39 is 0 Å². The van der Waals surface area contributed by atoms with E-state index in [9.17, 15) is 0 Å². The highest BCUT2D eigenvalue weighted by atomic mass is 32.1. The number of hydrogen-bond donors (Lipinski definition) is 1. The molecule has 15 heavy (non-hydrogen) atoms. The van der Waals surface area contributed by atoms with Crippen molar-refractivity contribution in [2.45, 2.75) is 6.42 Å². The maximum Gasteiger partial charge on any atom is 0.107 e. The Morgan fingerprint density at radius 1 is 1.40 bits per heavy atom. The molecule has 0 atom stereocenters. The lowest BCUT2D eigenvalue weighted by Crippen LogP contribution is -1.89. The third kappa shape index (κ3) is 1.97. The van der Waals surface area contributed by atoms with Gasteiger partial charge in [-0.15, -0.1) is 11.3 Å². The Hall–Kier alpha value is -1.86. The minimum absolute atomic E-state index is 0.359. The molecule has 0 aliphatic rings. The monoisotopic (exact) mass is 215 g/mol.